The first kappa shape index (κ1) is 9.82. The summed E-state index contributed by atoms with van der Waals surface area (Å²) in [5, 5.41) is 0. The van der Waals surface area contributed by atoms with E-state index in [1.54, 1.807) is 0 Å². The summed E-state index contributed by atoms with van der Waals surface area (Å²) in [5.74, 6) is 0. The average Bonchev–Trinajstić information content (AvgIpc) is 2.03. The molecule has 0 aliphatic rings. The van der Waals surface area contributed by atoms with Gasteiger partial charge in [0.05, 0.1) is 10.5 Å². The summed E-state index contributed by atoms with van der Waals surface area (Å²) in [4.78, 5) is 9.75. The van der Waals surface area contributed by atoms with Crippen LogP contribution in [-0.4, -0.2) is 19.0 Å². The third-order valence-electron chi connectivity index (χ3n) is 1.38. The Morgan fingerprint density at radius 2 is 1.69 bits per heavy atom. The first-order valence-electron chi connectivity index (χ1n) is 3.18. The maximum atomic E-state index is 12.0. The minimum Gasteiger partial charge on any atom is -0.282 e. The van der Waals surface area contributed by atoms with Gasteiger partial charge in [-0.05, 0) is 24.3 Å². The number of carbonyl (C=O) groups is 1. The van der Waals surface area contributed by atoms with Crippen LogP contribution >= 0.6 is 0 Å². The van der Waals surface area contributed by atoms with Gasteiger partial charge in [0.15, 0.2) is 0 Å². The molecule has 1 N–H and O–H groups in total. The Bertz CT molecular complexity index is 420. The summed E-state index contributed by atoms with van der Waals surface area (Å²) in [5.41, 5.74) is -0.257. The Labute approximate surface area is 73.8 Å². The van der Waals surface area contributed by atoms with Gasteiger partial charge in [-0.25, -0.2) is 0 Å². The smallest absolute Gasteiger partial charge is 0.282 e. The molecule has 0 unspecified atom stereocenters. The highest BCUT2D eigenvalue weighted by Gasteiger charge is 2.10. The van der Waals surface area contributed by atoms with Crippen molar-refractivity contribution < 1.29 is 22.2 Å². The molecule has 0 aromatic heterocycles. The first-order chi connectivity index (χ1) is 5.91. The van der Waals surface area contributed by atoms with Gasteiger partial charge in [-0.3, -0.25) is 9.35 Å². The van der Waals surface area contributed by atoms with Crippen LogP contribution in [0.2, 0.25) is 0 Å². The predicted octanol–water partition coefficient (Wildman–Crippen LogP) is 1.04. The van der Waals surface area contributed by atoms with Crippen LogP contribution in [0.3, 0.4) is 0 Å². The highest BCUT2D eigenvalue weighted by molar-refractivity contribution is 7.85. The lowest BCUT2D eigenvalue weighted by Crippen LogP contribution is -1.98. The van der Waals surface area contributed by atoms with Gasteiger partial charge in [-0.2, -0.15) is 12.8 Å². The summed E-state index contributed by atoms with van der Waals surface area (Å²) >= 11 is 0. The van der Waals surface area contributed by atoms with Crippen molar-refractivity contribution >= 4 is 16.2 Å². The van der Waals surface area contributed by atoms with E-state index in [2.05, 4.69) is 0 Å². The largest absolute Gasteiger partial charge is 0.332 e. The second-order valence-corrected chi connectivity index (χ2v) is 3.69. The number of rotatable bonds is 2. The Morgan fingerprint density at radius 3 is 2.00 bits per heavy atom. The van der Waals surface area contributed by atoms with E-state index >= 15 is 0 Å². The first-order valence-corrected chi connectivity index (χ1v) is 4.62. The summed E-state index contributed by atoms with van der Waals surface area (Å²) < 4.78 is 41.5. The van der Waals surface area contributed by atoms with Crippen molar-refractivity contribution in [3.05, 3.63) is 29.8 Å². The summed E-state index contributed by atoms with van der Waals surface area (Å²) in [6, 6.07) is 2.20. The van der Waals surface area contributed by atoms with E-state index in [9.17, 15) is 17.6 Å². The molecule has 0 aliphatic heterocycles. The van der Waals surface area contributed by atoms with E-state index in [-0.39, 0.29) is 10.5 Å². The lowest BCUT2D eigenvalue weighted by molar-refractivity contribution is 0.0835. The monoisotopic (exact) mass is 204 g/mol. The van der Waals surface area contributed by atoms with Gasteiger partial charge in [0.2, 0.25) is 0 Å². The van der Waals surface area contributed by atoms with Gasteiger partial charge >= 0.3 is 6.04 Å². The average molecular weight is 204 g/mol. The third kappa shape index (κ3) is 2.33. The van der Waals surface area contributed by atoms with Crippen molar-refractivity contribution in [1.82, 2.24) is 0 Å². The Kier molecular flexibility index (Phi) is 2.44. The Balaban J connectivity index is 3.16. The molecule has 70 valence electrons. The van der Waals surface area contributed by atoms with E-state index in [0.29, 0.717) is 0 Å². The van der Waals surface area contributed by atoms with Crippen LogP contribution in [0.1, 0.15) is 10.4 Å². The van der Waals surface area contributed by atoms with Crippen molar-refractivity contribution in [1.29, 1.82) is 0 Å². The molecule has 1 rings (SSSR count). The molecule has 0 saturated carbocycles. The molecular weight excluding hydrogens is 199 g/mol. The molecule has 1 aromatic carbocycles. The number of carbonyl (C=O) groups excluding carboxylic acids is 1. The lowest BCUT2D eigenvalue weighted by Gasteiger charge is -1.96. The Hall–Kier alpha value is -1.27. The maximum Gasteiger partial charge on any atom is 0.332 e. The predicted molar refractivity (Wildman–Crippen MR) is 41.7 cm³/mol. The van der Waals surface area contributed by atoms with E-state index in [4.69, 9.17) is 4.55 Å². The molecule has 0 amide bonds. The molecule has 0 heterocycles. The molecule has 4 nitrogen and oxygen atoms in total. The Morgan fingerprint density at radius 1 is 1.23 bits per heavy atom. The lowest BCUT2D eigenvalue weighted by atomic mass is 10.2. The molecule has 0 aliphatic carbocycles. The number of halogens is 1. The molecule has 0 fully saturated rings. The standard InChI is InChI=1S/C7H5FO4S/c8-7(9)5-1-3-6(4-2-5)13(10,11)12/h1-4H,(H,10,11,12). The van der Waals surface area contributed by atoms with Crippen molar-refractivity contribution in [2.24, 2.45) is 0 Å². The molecule has 1 aromatic rings. The van der Waals surface area contributed by atoms with Gasteiger partial charge in [0.25, 0.3) is 10.1 Å². The minimum atomic E-state index is -4.28. The van der Waals surface area contributed by atoms with Crippen molar-refractivity contribution in [3.8, 4) is 0 Å². The molecule has 13 heavy (non-hydrogen) atoms. The van der Waals surface area contributed by atoms with Crippen LogP contribution in [0, 0.1) is 0 Å². The highest BCUT2D eigenvalue weighted by Crippen LogP contribution is 2.10. The van der Waals surface area contributed by atoms with Crippen molar-refractivity contribution in [2.45, 2.75) is 4.90 Å². The molecule has 0 atom stereocenters. The second kappa shape index (κ2) is 3.23. The van der Waals surface area contributed by atoms with Crippen molar-refractivity contribution in [3.63, 3.8) is 0 Å². The van der Waals surface area contributed by atoms with Crippen LogP contribution in [0.5, 0.6) is 0 Å². The fraction of sp³-hybridized carbons (Fsp3) is 0. The number of hydrogen-bond acceptors (Lipinski definition) is 3. The van der Waals surface area contributed by atoms with E-state index in [1.165, 1.54) is 0 Å². The zero-order chi connectivity index (χ0) is 10.1. The van der Waals surface area contributed by atoms with Crippen LogP contribution in [0.25, 0.3) is 0 Å². The third-order valence-corrected chi connectivity index (χ3v) is 2.25. The van der Waals surface area contributed by atoms with Crippen LogP contribution in [0.15, 0.2) is 29.2 Å². The van der Waals surface area contributed by atoms with Gasteiger partial charge in [-0.15, -0.1) is 0 Å². The normalized spacial score (nSPS) is 11.2. The zero-order valence-electron chi connectivity index (χ0n) is 6.27. The van der Waals surface area contributed by atoms with Gasteiger partial charge in [0.1, 0.15) is 0 Å². The fourth-order valence-electron chi connectivity index (χ4n) is 0.758. The molecular formula is C7H5FO4S. The summed E-state index contributed by atoms with van der Waals surface area (Å²) in [6.07, 6.45) is 0. The molecule has 0 spiro atoms. The van der Waals surface area contributed by atoms with Gasteiger partial charge < -0.3 is 0 Å². The highest BCUT2D eigenvalue weighted by atomic mass is 32.2. The van der Waals surface area contributed by atoms with Crippen molar-refractivity contribution in [2.75, 3.05) is 0 Å². The van der Waals surface area contributed by atoms with E-state index < -0.39 is 16.2 Å². The van der Waals surface area contributed by atoms with E-state index in [1.807, 2.05) is 0 Å². The van der Waals surface area contributed by atoms with Crippen LogP contribution in [0.4, 0.5) is 4.39 Å². The molecule has 0 bridgehead atoms. The van der Waals surface area contributed by atoms with Gasteiger partial charge in [0, 0.05) is 0 Å². The molecule has 0 radical (unpaired) electrons. The quantitative estimate of drug-likeness (QED) is 0.577. The van der Waals surface area contributed by atoms with E-state index in [0.717, 1.165) is 24.3 Å². The minimum absolute atomic E-state index is 0.257. The molecule has 6 heteroatoms. The van der Waals surface area contributed by atoms with Crippen LogP contribution in [-0.2, 0) is 10.1 Å². The van der Waals surface area contributed by atoms with Gasteiger partial charge in [-0.1, -0.05) is 0 Å². The fourth-order valence-corrected chi connectivity index (χ4v) is 1.24. The SMILES string of the molecule is O=C(F)c1ccc(S(=O)(=O)O)cc1. The number of benzene rings is 1. The topological polar surface area (TPSA) is 71.4 Å². The summed E-state index contributed by atoms with van der Waals surface area (Å²) in [7, 11) is -4.28. The maximum absolute atomic E-state index is 12.0. The zero-order valence-corrected chi connectivity index (χ0v) is 7.08. The number of hydrogen-bond donors (Lipinski definition) is 1. The summed E-state index contributed by atoms with van der Waals surface area (Å²) in [6.45, 7) is 0. The second-order valence-electron chi connectivity index (χ2n) is 2.27. The van der Waals surface area contributed by atoms with Crippen LogP contribution < -0.4 is 0 Å². The molecule has 0 saturated heterocycles.